The van der Waals surface area contributed by atoms with Crippen molar-refractivity contribution in [1.29, 1.82) is 0 Å². The lowest BCUT2D eigenvalue weighted by Gasteiger charge is -2.29. The first-order valence-corrected chi connectivity index (χ1v) is 12.2. The molecule has 1 unspecified atom stereocenters. The highest BCUT2D eigenvalue weighted by Crippen LogP contribution is 2.35. The van der Waals surface area contributed by atoms with Crippen LogP contribution in [0.5, 0.6) is 5.75 Å². The van der Waals surface area contributed by atoms with Gasteiger partial charge in [0.1, 0.15) is 17.5 Å². The van der Waals surface area contributed by atoms with Crippen molar-refractivity contribution in [2.24, 2.45) is 0 Å². The second-order valence-corrected chi connectivity index (χ2v) is 9.39. The van der Waals surface area contributed by atoms with E-state index < -0.39 is 0 Å². The number of hydrogen-bond acceptors (Lipinski definition) is 6. The van der Waals surface area contributed by atoms with E-state index in [1.165, 1.54) is 5.69 Å². The minimum Gasteiger partial charge on any atom is -0.486 e. The molecule has 0 bridgehead atoms. The topological polar surface area (TPSA) is 94.7 Å². The Kier molecular flexibility index (Phi) is 5.72. The summed E-state index contributed by atoms with van der Waals surface area (Å²) < 4.78 is 6.19. The molecule has 1 saturated heterocycles. The maximum absolute atomic E-state index is 6.31. The number of anilines is 1. The molecular formula is C25H23Cl2N7O. The first-order valence-electron chi connectivity index (χ1n) is 11.5. The summed E-state index contributed by atoms with van der Waals surface area (Å²) >= 11 is 12.6. The van der Waals surface area contributed by atoms with E-state index in [1.807, 2.05) is 25.1 Å². The number of piperazine rings is 1. The minimum atomic E-state index is -0.361. The number of pyridine rings is 1. The van der Waals surface area contributed by atoms with Crippen molar-refractivity contribution in [3.05, 3.63) is 64.4 Å². The Hall–Kier alpha value is -3.33. The van der Waals surface area contributed by atoms with Gasteiger partial charge < -0.3 is 19.9 Å². The molecule has 0 spiro atoms. The monoisotopic (exact) mass is 507 g/mol. The summed E-state index contributed by atoms with van der Waals surface area (Å²) in [6, 6.07) is 12.1. The molecule has 2 aromatic carbocycles. The van der Waals surface area contributed by atoms with Crippen molar-refractivity contribution in [2.75, 3.05) is 31.1 Å². The van der Waals surface area contributed by atoms with Crippen LogP contribution in [-0.4, -0.2) is 51.3 Å². The molecule has 1 atom stereocenters. The van der Waals surface area contributed by atoms with Crippen molar-refractivity contribution < 1.29 is 4.74 Å². The van der Waals surface area contributed by atoms with E-state index in [4.69, 9.17) is 32.9 Å². The molecule has 0 saturated carbocycles. The lowest BCUT2D eigenvalue weighted by Crippen LogP contribution is -2.43. The van der Waals surface area contributed by atoms with Gasteiger partial charge in [0.15, 0.2) is 5.82 Å². The molecule has 10 heteroatoms. The smallest absolute Gasteiger partial charge is 0.159 e. The summed E-state index contributed by atoms with van der Waals surface area (Å²) in [5.41, 5.74) is 5.40. The molecule has 0 radical (unpaired) electrons. The number of aromatic nitrogens is 5. The summed E-state index contributed by atoms with van der Waals surface area (Å²) in [6.45, 7) is 5.88. The number of aromatic amines is 2. The molecular weight excluding hydrogens is 485 g/mol. The van der Waals surface area contributed by atoms with Crippen molar-refractivity contribution in [1.82, 2.24) is 30.5 Å². The van der Waals surface area contributed by atoms with Gasteiger partial charge in [-0.3, -0.25) is 10.1 Å². The van der Waals surface area contributed by atoms with Crippen LogP contribution in [0.2, 0.25) is 10.0 Å². The zero-order chi connectivity index (χ0) is 23.9. The predicted molar refractivity (Wildman–Crippen MR) is 140 cm³/mol. The molecule has 35 heavy (non-hydrogen) atoms. The van der Waals surface area contributed by atoms with Crippen LogP contribution in [0.25, 0.3) is 33.5 Å². The van der Waals surface area contributed by atoms with Crippen LogP contribution in [0, 0.1) is 0 Å². The molecule has 1 aliphatic heterocycles. The Morgan fingerprint density at radius 3 is 2.60 bits per heavy atom. The minimum absolute atomic E-state index is 0.361. The van der Waals surface area contributed by atoms with Gasteiger partial charge in [0, 0.05) is 55.2 Å². The number of fused-ring (bicyclic) bond motifs is 2. The van der Waals surface area contributed by atoms with Crippen molar-refractivity contribution in [3.8, 4) is 17.3 Å². The second-order valence-electron chi connectivity index (χ2n) is 8.58. The Morgan fingerprint density at radius 2 is 1.80 bits per heavy atom. The van der Waals surface area contributed by atoms with Crippen LogP contribution in [0.15, 0.2) is 48.8 Å². The Bertz CT molecular complexity index is 1500. The average Bonchev–Trinajstić information content (AvgIpc) is 3.47. The molecule has 178 valence electrons. The highest BCUT2D eigenvalue weighted by molar-refractivity contribution is 6.35. The van der Waals surface area contributed by atoms with Gasteiger partial charge in [-0.05, 0) is 43.3 Å². The number of imidazole rings is 1. The Morgan fingerprint density at radius 1 is 1.00 bits per heavy atom. The summed E-state index contributed by atoms with van der Waals surface area (Å²) in [5.74, 6) is 1.38. The van der Waals surface area contributed by atoms with Gasteiger partial charge in [-0.2, -0.15) is 5.10 Å². The van der Waals surface area contributed by atoms with Crippen LogP contribution >= 0.6 is 23.2 Å². The number of rotatable bonds is 5. The number of hydrogen-bond donors (Lipinski definition) is 3. The lowest BCUT2D eigenvalue weighted by molar-refractivity contribution is 0.227. The summed E-state index contributed by atoms with van der Waals surface area (Å²) in [6.07, 6.45) is 2.77. The SMILES string of the molecule is CC(Oc1ccc2[nH]nc(-c3nc4ccc(N5CCNCC5)cc4[nH]3)c2c1)c1c(Cl)cncc1Cl. The van der Waals surface area contributed by atoms with Crippen molar-refractivity contribution in [2.45, 2.75) is 13.0 Å². The number of ether oxygens (including phenoxy) is 1. The van der Waals surface area contributed by atoms with E-state index >= 15 is 0 Å². The highest BCUT2D eigenvalue weighted by atomic mass is 35.5. The number of H-pyrrole nitrogens is 2. The fourth-order valence-electron chi connectivity index (χ4n) is 4.55. The number of nitrogens with zero attached hydrogens (tertiary/aromatic N) is 4. The maximum Gasteiger partial charge on any atom is 0.159 e. The van der Waals surface area contributed by atoms with Crippen molar-refractivity contribution >= 4 is 50.8 Å². The third kappa shape index (κ3) is 4.18. The van der Waals surface area contributed by atoms with Gasteiger partial charge in [0.2, 0.25) is 0 Å². The third-order valence-corrected chi connectivity index (χ3v) is 6.92. The maximum atomic E-state index is 6.31. The summed E-state index contributed by atoms with van der Waals surface area (Å²) in [5, 5.41) is 12.9. The first kappa shape index (κ1) is 22.2. The second kappa shape index (κ2) is 9.03. The molecule has 4 heterocycles. The van der Waals surface area contributed by atoms with Gasteiger partial charge in [-0.25, -0.2) is 4.98 Å². The van der Waals surface area contributed by atoms with E-state index in [2.05, 4.69) is 48.6 Å². The molecule has 3 N–H and O–H groups in total. The van der Waals surface area contributed by atoms with E-state index in [0.717, 1.165) is 53.8 Å². The molecule has 0 aliphatic carbocycles. The third-order valence-electron chi connectivity index (χ3n) is 6.32. The number of halogens is 2. The molecule has 8 nitrogen and oxygen atoms in total. The zero-order valence-corrected chi connectivity index (χ0v) is 20.5. The standard InChI is InChI=1S/C25H23Cl2N7O/c1-14(23-18(26)12-29-13-19(23)27)35-16-3-5-20-17(11-16)24(33-32-20)25-30-21-4-2-15(10-22(21)31-25)34-8-6-28-7-9-34/h2-5,10-14,28H,6-9H2,1H3,(H,30,31)(H,32,33). The average molecular weight is 508 g/mol. The van der Waals surface area contributed by atoms with Gasteiger partial charge in [0.05, 0.1) is 26.6 Å². The first-order chi connectivity index (χ1) is 17.1. The lowest BCUT2D eigenvalue weighted by atomic mass is 10.1. The van der Waals surface area contributed by atoms with Crippen LogP contribution < -0.4 is 15.0 Å². The number of nitrogens with one attached hydrogen (secondary N) is 3. The quantitative estimate of drug-likeness (QED) is 0.296. The predicted octanol–water partition coefficient (Wildman–Crippen LogP) is 5.36. The molecule has 6 rings (SSSR count). The normalized spacial score (nSPS) is 15.1. The largest absolute Gasteiger partial charge is 0.486 e. The van der Waals surface area contributed by atoms with Gasteiger partial charge in [-0.1, -0.05) is 23.2 Å². The Balaban J connectivity index is 1.32. The van der Waals surface area contributed by atoms with Gasteiger partial charge >= 0.3 is 0 Å². The molecule has 1 fully saturated rings. The summed E-state index contributed by atoms with van der Waals surface area (Å²) in [7, 11) is 0. The zero-order valence-electron chi connectivity index (χ0n) is 19.0. The van der Waals surface area contributed by atoms with E-state index in [1.54, 1.807) is 12.4 Å². The highest BCUT2D eigenvalue weighted by Gasteiger charge is 2.18. The van der Waals surface area contributed by atoms with Crippen LogP contribution in [0.1, 0.15) is 18.6 Å². The number of benzene rings is 2. The van der Waals surface area contributed by atoms with Crippen LogP contribution in [-0.2, 0) is 0 Å². The van der Waals surface area contributed by atoms with E-state index in [9.17, 15) is 0 Å². The molecule has 3 aromatic heterocycles. The van der Waals surface area contributed by atoms with Crippen molar-refractivity contribution in [3.63, 3.8) is 0 Å². The fraction of sp³-hybridized carbons (Fsp3) is 0.240. The molecule has 0 amide bonds. The summed E-state index contributed by atoms with van der Waals surface area (Å²) in [4.78, 5) is 14.7. The van der Waals surface area contributed by atoms with E-state index in [0.29, 0.717) is 27.2 Å². The fourth-order valence-corrected chi connectivity index (χ4v) is 5.22. The van der Waals surface area contributed by atoms with Gasteiger partial charge in [-0.15, -0.1) is 0 Å². The van der Waals surface area contributed by atoms with Gasteiger partial charge in [0.25, 0.3) is 0 Å². The van der Waals surface area contributed by atoms with E-state index in [-0.39, 0.29) is 6.10 Å². The van der Waals surface area contributed by atoms with Crippen LogP contribution in [0.3, 0.4) is 0 Å². The Labute approximate surface area is 211 Å². The molecule has 1 aliphatic rings. The van der Waals surface area contributed by atoms with Crippen LogP contribution in [0.4, 0.5) is 5.69 Å². The molecule has 5 aromatic rings.